The number of rotatable bonds is 5. The molecular weight excluding hydrogens is 232 g/mol. The summed E-state index contributed by atoms with van der Waals surface area (Å²) in [6.07, 6.45) is 15.7. The van der Waals surface area contributed by atoms with Crippen LogP contribution in [0.1, 0.15) is 77.6 Å². The highest BCUT2D eigenvalue weighted by Crippen LogP contribution is 2.18. The van der Waals surface area contributed by atoms with Gasteiger partial charge in [0.05, 0.1) is 0 Å². The Morgan fingerprint density at radius 2 is 1.58 bits per heavy atom. The number of hydrogen-bond acceptors (Lipinski definition) is 2. The number of nitrogens with zero attached hydrogens (tertiary/aromatic N) is 1. The first-order chi connectivity index (χ1) is 9.36. The molecule has 19 heavy (non-hydrogen) atoms. The van der Waals surface area contributed by atoms with Crippen molar-refractivity contribution in [2.24, 2.45) is 0 Å². The first-order valence-electron chi connectivity index (χ1n) is 8.83. The second-order valence-electron chi connectivity index (χ2n) is 6.73. The average molecular weight is 266 g/mol. The molecule has 112 valence electrons. The van der Waals surface area contributed by atoms with Crippen molar-refractivity contribution in [1.82, 2.24) is 10.2 Å². The third kappa shape index (κ3) is 5.83. The van der Waals surface area contributed by atoms with Crippen LogP contribution in [0.3, 0.4) is 0 Å². The zero-order valence-electron chi connectivity index (χ0n) is 13.0. The van der Waals surface area contributed by atoms with Crippen LogP contribution in [0.2, 0.25) is 0 Å². The van der Waals surface area contributed by atoms with Gasteiger partial charge in [-0.15, -0.1) is 0 Å². The summed E-state index contributed by atoms with van der Waals surface area (Å²) in [4.78, 5) is 2.70. The van der Waals surface area contributed by atoms with E-state index in [1.807, 2.05) is 0 Å². The van der Waals surface area contributed by atoms with Crippen molar-refractivity contribution >= 4 is 0 Å². The Labute approximate surface area is 120 Å². The molecule has 1 saturated carbocycles. The molecule has 2 nitrogen and oxygen atoms in total. The van der Waals surface area contributed by atoms with Crippen LogP contribution < -0.4 is 5.32 Å². The molecule has 1 heterocycles. The first-order valence-corrected chi connectivity index (χ1v) is 8.83. The summed E-state index contributed by atoms with van der Waals surface area (Å²) in [5.41, 5.74) is 0. The molecule has 0 aromatic carbocycles. The van der Waals surface area contributed by atoms with Crippen molar-refractivity contribution in [3.05, 3.63) is 0 Å². The summed E-state index contributed by atoms with van der Waals surface area (Å²) >= 11 is 0. The summed E-state index contributed by atoms with van der Waals surface area (Å²) in [6, 6.07) is 1.65. The highest BCUT2D eigenvalue weighted by atomic mass is 15.2. The second kappa shape index (κ2) is 8.97. The van der Waals surface area contributed by atoms with E-state index in [1.165, 1.54) is 90.3 Å². The monoisotopic (exact) mass is 266 g/mol. The lowest BCUT2D eigenvalue weighted by Gasteiger charge is -2.33. The van der Waals surface area contributed by atoms with E-state index in [0.29, 0.717) is 0 Å². The predicted octanol–water partition coefficient (Wildman–Crippen LogP) is 3.95. The van der Waals surface area contributed by atoms with Crippen LogP contribution in [0.5, 0.6) is 0 Å². The minimum Gasteiger partial charge on any atom is -0.314 e. The molecule has 2 fully saturated rings. The number of nitrogens with one attached hydrogen (secondary N) is 1. The molecule has 2 aliphatic rings. The summed E-state index contributed by atoms with van der Waals surface area (Å²) in [6.45, 7) is 6.28. The van der Waals surface area contributed by atoms with Crippen LogP contribution in [0, 0.1) is 0 Å². The zero-order valence-corrected chi connectivity index (χ0v) is 13.0. The Morgan fingerprint density at radius 1 is 0.895 bits per heavy atom. The maximum Gasteiger partial charge on any atom is 0.00670 e. The summed E-state index contributed by atoms with van der Waals surface area (Å²) < 4.78 is 0. The Hall–Kier alpha value is -0.0800. The van der Waals surface area contributed by atoms with Crippen molar-refractivity contribution < 1.29 is 0 Å². The van der Waals surface area contributed by atoms with Gasteiger partial charge in [-0.1, -0.05) is 38.5 Å². The van der Waals surface area contributed by atoms with Gasteiger partial charge < -0.3 is 10.2 Å². The molecule has 1 atom stereocenters. The van der Waals surface area contributed by atoms with Crippen LogP contribution in [-0.4, -0.2) is 36.6 Å². The molecule has 1 aliphatic heterocycles. The largest absolute Gasteiger partial charge is 0.314 e. The quantitative estimate of drug-likeness (QED) is 0.758. The van der Waals surface area contributed by atoms with Crippen LogP contribution in [0.15, 0.2) is 0 Å². The lowest BCUT2D eigenvalue weighted by Crippen LogP contribution is -2.39. The van der Waals surface area contributed by atoms with Crippen LogP contribution in [0.4, 0.5) is 0 Å². The SMILES string of the molecule is CC1CCCCN1CCCNC1CCCCCCC1. The Morgan fingerprint density at radius 3 is 2.32 bits per heavy atom. The van der Waals surface area contributed by atoms with E-state index in [4.69, 9.17) is 0 Å². The van der Waals surface area contributed by atoms with Gasteiger partial charge in [0.15, 0.2) is 0 Å². The third-order valence-corrected chi connectivity index (χ3v) is 5.10. The molecule has 0 bridgehead atoms. The smallest absolute Gasteiger partial charge is 0.00670 e. The van der Waals surface area contributed by atoms with E-state index >= 15 is 0 Å². The summed E-state index contributed by atoms with van der Waals surface area (Å²) in [5, 5.41) is 3.82. The van der Waals surface area contributed by atoms with E-state index in [9.17, 15) is 0 Å². The minimum atomic E-state index is 0.819. The van der Waals surface area contributed by atoms with Crippen LogP contribution in [-0.2, 0) is 0 Å². The molecule has 1 saturated heterocycles. The fraction of sp³-hybridized carbons (Fsp3) is 1.00. The molecular formula is C17H34N2. The zero-order chi connectivity index (χ0) is 13.3. The van der Waals surface area contributed by atoms with E-state index in [2.05, 4.69) is 17.1 Å². The van der Waals surface area contributed by atoms with E-state index in [1.54, 1.807) is 0 Å². The Balaban J connectivity index is 1.55. The van der Waals surface area contributed by atoms with Gasteiger partial charge in [-0.25, -0.2) is 0 Å². The van der Waals surface area contributed by atoms with E-state index < -0.39 is 0 Å². The number of piperidine rings is 1. The topological polar surface area (TPSA) is 15.3 Å². The molecule has 0 radical (unpaired) electrons. The fourth-order valence-electron chi connectivity index (χ4n) is 3.74. The van der Waals surface area contributed by atoms with Gasteiger partial charge in [0.25, 0.3) is 0 Å². The molecule has 1 N–H and O–H groups in total. The highest BCUT2D eigenvalue weighted by Gasteiger charge is 2.17. The maximum absolute atomic E-state index is 3.82. The highest BCUT2D eigenvalue weighted by molar-refractivity contribution is 4.74. The van der Waals surface area contributed by atoms with Crippen LogP contribution in [0.25, 0.3) is 0 Å². The van der Waals surface area contributed by atoms with Gasteiger partial charge in [0, 0.05) is 12.1 Å². The van der Waals surface area contributed by atoms with Crippen molar-refractivity contribution in [2.75, 3.05) is 19.6 Å². The van der Waals surface area contributed by atoms with Crippen molar-refractivity contribution in [3.8, 4) is 0 Å². The van der Waals surface area contributed by atoms with Gasteiger partial charge in [0.1, 0.15) is 0 Å². The van der Waals surface area contributed by atoms with Crippen LogP contribution >= 0.6 is 0 Å². The number of hydrogen-bond donors (Lipinski definition) is 1. The maximum atomic E-state index is 3.82. The van der Waals surface area contributed by atoms with Gasteiger partial charge in [0.2, 0.25) is 0 Å². The summed E-state index contributed by atoms with van der Waals surface area (Å²) in [5.74, 6) is 0. The van der Waals surface area contributed by atoms with E-state index in [0.717, 1.165) is 12.1 Å². The molecule has 1 aliphatic carbocycles. The normalized spacial score (nSPS) is 27.9. The number of likely N-dealkylation sites (tertiary alicyclic amines) is 1. The lowest BCUT2D eigenvalue weighted by atomic mass is 9.97. The Bertz CT molecular complexity index is 221. The molecule has 0 spiro atoms. The minimum absolute atomic E-state index is 0.819. The van der Waals surface area contributed by atoms with Gasteiger partial charge in [-0.05, 0) is 58.7 Å². The molecule has 0 amide bonds. The van der Waals surface area contributed by atoms with Crippen molar-refractivity contribution in [1.29, 1.82) is 0 Å². The molecule has 1 unspecified atom stereocenters. The van der Waals surface area contributed by atoms with Crippen molar-refractivity contribution in [2.45, 2.75) is 89.6 Å². The lowest BCUT2D eigenvalue weighted by molar-refractivity contribution is 0.158. The Kier molecular flexibility index (Phi) is 7.23. The first kappa shape index (κ1) is 15.3. The van der Waals surface area contributed by atoms with Gasteiger partial charge >= 0.3 is 0 Å². The molecule has 2 rings (SSSR count). The fourth-order valence-corrected chi connectivity index (χ4v) is 3.74. The molecule has 0 aromatic heterocycles. The summed E-state index contributed by atoms with van der Waals surface area (Å²) in [7, 11) is 0. The second-order valence-corrected chi connectivity index (χ2v) is 6.73. The van der Waals surface area contributed by atoms with Gasteiger partial charge in [-0.3, -0.25) is 0 Å². The average Bonchev–Trinajstić information content (AvgIpc) is 2.38. The predicted molar refractivity (Wildman–Crippen MR) is 83.6 cm³/mol. The van der Waals surface area contributed by atoms with E-state index in [-0.39, 0.29) is 0 Å². The third-order valence-electron chi connectivity index (χ3n) is 5.10. The van der Waals surface area contributed by atoms with Gasteiger partial charge in [-0.2, -0.15) is 0 Å². The standard InChI is InChI=1S/C17H34N2/c1-16-10-7-8-14-19(16)15-9-13-18-17-11-5-3-2-4-6-12-17/h16-18H,2-15H2,1H3. The van der Waals surface area contributed by atoms with Crippen molar-refractivity contribution in [3.63, 3.8) is 0 Å². The molecule has 2 heteroatoms. The molecule has 0 aromatic rings.